The molecular formula is C4H13N3. The predicted octanol–water partition coefficient (Wildman–Crippen LogP) is -0.308. The largest absolute Gasteiger partial charge is 0.255 e. The first-order chi connectivity index (χ1) is 3.13. The number of hydrogen-bond donors (Lipinski definition) is 2. The van der Waals surface area contributed by atoms with Crippen LogP contribution >= 0.6 is 0 Å². The number of rotatable bonds is 2. The molecule has 0 rings (SSSR count). The van der Waals surface area contributed by atoms with Gasteiger partial charge in [0.15, 0.2) is 0 Å². The second-order valence-corrected chi connectivity index (χ2v) is 2.09. The first kappa shape index (κ1) is 6.88. The van der Waals surface area contributed by atoms with Crippen molar-refractivity contribution in [3.8, 4) is 0 Å². The third kappa shape index (κ3) is 5.88. The topological polar surface area (TPSA) is 55.3 Å². The van der Waals surface area contributed by atoms with Gasteiger partial charge in [-0.15, -0.1) is 0 Å². The summed E-state index contributed by atoms with van der Waals surface area (Å²) in [7, 11) is 0. The molecule has 0 heterocycles. The smallest absolute Gasteiger partial charge is 0.0306 e. The van der Waals surface area contributed by atoms with Gasteiger partial charge in [0.25, 0.3) is 0 Å². The molecule has 44 valence electrons. The summed E-state index contributed by atoms with van der Waals surface area (Å²) in [6, 6.07) is 0. The van der Waals surface area contributed by atoms with Crippen LogP contribution in [-0.2, 0) is 0 Å². The first-order valence-corrected chi connectivity index (χ1v) is 2.40. The quantitative estimate of drug-likeness (QED) is 0.372. The van der Waals surface area contributed by atoms with Gasteiger partial charge in [0.1, 0.15) is 0 Å². The molecule has 0 unspecified atom stereocenters. The molecule has 0 fully saturated rings. The molecule has 0 aromatic rings. The summed E-state index contributed by atoms with van der Waals surface area (Å²) < 4.78 is 0. The summed E-state index contributed by atoms with van der Waals surface area (Å²) in [6.45, 7) is 4.87. The Balaban J connectivity index is 2.95. The molecule has 0 spiro atoms. The number of nitrogens with two attached hydrogens (primary N) is 2. The van der Waals surface area contributed by atoms with Crippen LogP contribution in [0.5, 0.6) is 0 Å². The van der Waals surface area contributed by atoms with Crippen molar-refractivity contribution in [3.05, 3.63) is 0 Å². The van der Waals surface area contributed by atoms with E-state index in [0.717, 1.165) is 6.54 Å². The minimum atomic E-state index is 0.551. The highest BCUT2D eigenvalue weighted by Gasteiger charge is 1.93. The fourth-order valence-electron chi connectivity index (χ4n) is 0.422. The van der Waals surface area contributed by atoms with Crippen molar-refractivity contribution in [3.63, 3.8) is 0 Å². The molecule has 0 atom stereocenters. The zero-order chi connectivity index (χ0) is 5.86. The monoisotopic (exact) mass is 103 g/mol. The van der Waals surface area contributed by atoms with Crippen molar-refractivity contribution < 1.29 is 0 Å². The van der Waals surface area contributed by atoms with E-state index in [1.165, 1.54) is 5.12 Å². The SMILES string of the molecule is CC(C)CN(N)N. The lowest BCUT2D eigenvalue weighted by Crippen LogP contribution is -2.40. The van der Waals surface area contributed by atoms with E-state index >= 15 is 0 Å². The van der Waals surface area contributed by atoms with Crippen LogP contribution in [0.3, 0.4) is 0 Å². The second kappa shape index (κ2) is 2.96. The Bertz CT molecular complexity index is 36.2. The van der Waals surface area contributed by atoms with Gasteiger partial charge in [-0.3, -0.25) is 11.7 Å². The lowest BCUT2D eigenvalue weighted by Gasteiger charge is -2.10. The molecule has 0 amide bonds. The van der Waals surface area contributed by atoms with Gasteiger partial charge in [-0.25, -0.2) is 0 Å². The lowest BCUT2D eigenvalue weighted by molar-refractivity contribution is 0.259. The molecule has 0 saturated carbocycles. The Labute approximate surface area is 44.2 Å². The van der Waals surface area contributed by atoms with Gasteiger partial charge < -0.3 is 0 Å². The molecule has 3 nitrogen and oxygen atoms in total. The number of hydrogen-bond acceptors (Lipinski definition) is 3. The van der Waals surface area contributed by atoms with Crippen molar-refractivity contribution >= 4 is 0 Å². The molecule has 7 heavy (non-hydrogen) atoms. The maximum absolute atomic E-state index is 5.10. The van der Waals surface area contributed by atoms with E-state index < -0.39 is 0 Å². The molecule has 4 N–H and O–H groups in total. The molecule has 0 aromatic heterocycles. The van der Waals surface area contributed by atoms with Crippen LogP contribution in [0.2, 0.25) is 0 Å². The Morgan fingerprint density at radius 2 is 1.86 bits per heavy atom. The van der Waals surface area contributed by atoms with Crippen LogP contribution in [0.25, 0.3) is 0 Å². The molecule has 0 radical (unpaired) electrons. The zero-order valence-electron chi connectivity index (χ0n) is 4.89. The molecule has 0 aromatic carbocycles. The molecular weight excluding hydrogens is 90.1 g/mol. The summed E-state index contributed by atoms with van der Waals surface area (Å²) in [4.78, 5) is 0. The van der Waals surface area contributed by atoms with Crippen LogP contribution in [-0.4, -0.2) is 11.7 Å². The van der Waals surface area contributed by atoms with Crippen LogP contribution < -0.4 is 11.7 Å². The summed E-state index contributed by atoms with van der Waals surface area (Å²) in [5.41, 5.74) is 0. The lowest BCUT2D eigenvalue weighted by atomic mass is 10.2. The van der Waals surface area contributed by atoms with E-state index in [1.54, 1.807) is 0 Å². The Hall–Kier alpha value is -0.120. The van der Waals surface area contributed by atoms with E-state index in [2.05, 4.69) is 13.8 Å². The fraction of sp³-hybridized carbons (Fsp3) is 1.00. The van der Waals surface area contributed by atoms with E-state index in [1.807, 2.05) is 0 Å². The highest BCUT2D eigenvalue weighted by atomic mass is 15.6. The van der Waals surface area contributed by atoms with Crippen molar-refractivity contribution in [1.29, 1.82) is 0 Å². The summed E-state index contributed by atoms with van der Waals surface area (Å²) in [5, 5.41) is 1.20. The van der Waals surface area contributed by atoms with Gasteiger partial charge in [-0.1, -0.05) is 13.8 Å². The Morgan fingerprint density at radius 1 is 1.43 bits per heavy atom. The third-order valence-corrected chi connectivity index (χ3v) is 0.576. The third-order valence-electron chi connectivity index (χ3n) is 0.576. The average Bonchev–Trinajstić information content (AvgIpc) is 1.27. The molecule has 0 aliphatic heterocycles. The molecule has 0 bridgehead atoms. The van der Waals surface area contributed by atoms with Gasteiger partial charge >= 0.3 is 0 Å². The van der Waals surface area contributed by atoms with Crippen LogP contribution in [0, 0.1) is 5.92 Å². The Morgan fingerprint density at radius 3 is 1.86 bits per heavy atom. The van der Waals surface area contributed by atoms with E-state index in [-0.39, 0.29) is 0 Å². The standard InChI is InChI=1S/C4H13N3/c1-4(2)3-7(5)6/h4H,3,5-6H2,1-2H3. The Kier molecular flexibility index (Phi) is 2.91. The average molecular weight is 103 g/mol. The van der Waals surface area contributed by atoms with Gasteiger partial charge in [0, 0.05) is 6.54 Å². The number of nitrogens with zero attached hydrogens (tertiary/aromatic N) is 1. The van der Waals surface area contributed by atoms with Crippen molar-refractivity contribution in [2.75, 3.05) is 6.54 Å². The highest BCUT2D eigenvalue weighted by Crippen LogP contribution is 1.87. The van der Waals surface area contributed by atoms with Crippen molar-refractivity contribution in [2.24, 2.45) is 17.6 Å². The maximum Gasteiger partial charge on any atom is 0.0306 e. The molecule has 0 saturated heterocycles. The van der Waals surface area contributed by atoms with Crippen molar-refractivity contribution in [1.82, 2.24) is 5.12 Å². The first-order valence-electron chi connectivity index (χ1n) is 2.40. The normalized spacial score (nSPS) is 11.1. The van der Waals surface area contributed by atoms with Crippen LogP contribution in [0.1, 0.15) is 13.8 Å². The number of hydrazine groups is 2. The van der Waals surface area contributed by atoms with Gasteiger partial charge in [0.05, 0.1) is 0 Å². The molecule has 0 aliphatic carbocycles. The minimum Gasteiger partial charge on any atom is -0.255 e. The van der Waals surface area contributed by atoms with Gasteiger partial charge in [-0.05, 0) is 5.92 Å². The second-order valence-electron chi connectivity index (χ2n) is 2.09. The zero-order valence-corrected chi connectivity index (χ0v) is 4.89. The summed E-state index contributed by atoms with van der Waals surface area (Å²) in [5.74, 6) is 10.8. The minimum absolute atomic E-state index is 0.551. The van der Waals surface area contributed by atoms with E-state index in [0.29, 0.717) is 5.92 Å². The van der Waals surface area contributed by atoms with E-state index in [9.17, 15) is 0 Å². The van der Waals surface area contributed by atoms with Gasteiger partial charge in [0.2, 0.25) is 0 Å². The predicted molar refractivity (Wildman–Crippen MR) is 29.9 cm³/mol. The van der Waals surface area contributed by atoms with Crippen LogP contribution in [0.4, 0.5) is 0 Å². The van der Waals surface area contributed by atoms with Crippen molar-refractivity contribution in [2.45, 2.75) is 13.8 Å². The molecule has 3 heteroatoms. The summed E-state index contributed by atoms with van der Waals surface area (Å²) >= 11 is 0. The fourth-order valence-corrected chi connectivity index (χ4v) is 0.422. The highest BCUT2D eigenvalue weighted by molar-refractivity contribution is 4.42. The maximum atomic E-state index is 5.10. The van der Waals surface area contributed by atoms with E-state index in [4.69, 9.17) is 11.7 Å². The summed E-state index contributed by atoms with van der Waals surface area (Å²) in [6.07, 6.45) is 0. The van der Waals surface area contributed by atoms with Gasteiger partial charge in [-0.2, -0.15) is 5.12 Å². The molecule has 0 aliphatic rings. The van der Waals surface area contributed by atoms with Crippen LogP contribution in [0.15, 0.2) is 0 Å².